The van der Waals surface area contributed by atoms with Gasteiger partial charge in [-0.3, -0.25) is 4.79 Å². The molecule has 17 heavy (non-hydrogen) atoms. The number of hydrogen-bond donors (Lipinski definition) is 2. The first kappa shape index (κ1) is 12.9. The maximum Gasteiger partial charge on any atom is 0.220 e. The van der Waals surface area contributed by atoms with Crippen LogP contribution < -0.4 is 11.1 Å². The Kier molecular flexibility index (Phi) is 4.84. The zero-order valence-electron chi connectivity index (χ0n) is 10.8. The van der Waals surface area contributed by atoms with Gasteiger partial charge in [-0.15, -0.1) is 0 Å². The molecule has 1 amide bonds. The molecule has 2 fully saturated rings. The molecule has 2 saturated carbocycles. The van der Waals surface area contributed by atoms with Crippen LogP contribution in [0.1, 0.15) is 64.2 Å². The van der Waals surface area contributed by atoms with E-state index in [9.17, 15) is 4.79 Å². The molecule has 0 heterocycles. The van der Waals surface area contributed by atoms with E-state index in [1.54, 1.807) is 0 Å². The van der Waals surface area contributed by atoms with Gasteiger partial charge < -0.3 is 11.1 Å². The van der Waals surface area contributed by atoms with Gasteiger partial charge in [0.2, 0.25) is 5.91 Å². The average molecular weight is 238 g/mol. The summed E-state index contributed by atoms with van der Waals surface area (Å²) in [7, 11) is 0. The predicted molar refractivity (Wildman–Crippen MR) is 69.6 cm³/mol. The Labute approximate surface area is 105 Å². The van der Waals surface area contributed by atoms with Gasteiger partial charge in [0.05, 0.1) is 0 Å². The first-order valence-electron chi connectivity index (χ1n) is 7.30. The molecule has 3 N–H and O–H groups in total. The summed E-state index contributed by atoms with van der Waals surface area (Å²) in [4.78, 5) is 12.0. The van der Waals surface area contributed by atoms with E-state index in [4.69, 9.17) is 5.73 Å². The third-order valence-corrected chi connectivity index (χ3v) is 4.39. The molecule has 0 saturated heterocycles. The second-order valence-electron chi connectivity index (χ2n) is 5.81. The van der Waals surface area contributed by atoms with Crippen molar-refractivity contribution in [1.82, 2.24) is 5.32 Å². The van der Waals surface area contributed by atoms with Gasteiger partial charge >= 0.3 is 0 Å². The predicted octanol–water partition coefficient (Wildman–Crippen LogP) is 2.34. The highest BCUT2D eigenvalue weighted by Crippen LogP contribution is 2.26. The molecule has 0 aromatic carbocycles. The van der Waals surface area contributed by atoms with E-state index in [2.05, 4.69) is 5.32 Å². The van der Waals surface area contributed by atoms with Crippen LogP contribution in [0.15, 0.2) is 0 Å². The van der Waals surface area contributed by atoms with Gasteiger partial charge in [-0.1, -0.05) is 32.1 Å². The van der Waals surface area contributed by atoms with E-state index < -0.39 is 0 Å². The van der Waals surface area contributed by atoms with E-state index in [0.717, 1.165) is 12.8 Å². The van der Waals surface area contributed by atoms with Gasteiger partial charge in [0.15, 0.2) is 0 Å². The molecule has 0 aromatic heterocycles. The first-order valence-corrected chi connectivity index (χ1v) is 7.30. The standard InChI is InChI=1S/C14H26N2O/c15-13-9-5-4-6-11(13)10-14(17)16-12-7-2-1-3-8-12/h11-13H,1-10,15H2,(H,16,17). The average Bonchev–Trinajstić information content (AvgIpc) is 2.33. The minimum Gasteiger partial charge on any atom is -0.353 e. The van der Waals surface area contributed by atoms with Crippen molar-refractivity contribution in [2.45, 2.75) is 76.3 Å². The molecule has 3 heteroatoms. The zero-order valence-corrected chi connectivity index (χ0v) is 10.8. The van der Waals surface area contributed by atoms with E-state index in [1.807, 2.05) is 0 Å². The van der Waals surface area contributed by atoms with Gasteiger partial charge in [0.1, 0.15) is 0 Å². The molecule has 98 valence electrons. The molecule has 0 spiro atoms. The molecule has 2 aliphatic carbocycles. The molecule has 2 aliphatic rings. The number of carbonyl (C=O) groups excluding carboxylic acids is 1. The molecular formula is C14H26N2O. The van der Waals surface area contributed by atoms with Gasteiger partial charge in [0, 0.05) is 18.5 Å². The zero-order chi connectivity index (χ0) is 12.1. The number of rotatable bonds is 3. The number of nitrogens with one attached hydrogen (secondary N) is 1. The molecule has 0 aromatic rings. The van der Waals surface area contributed by atoms with Crippen LogP contribution in [0.5, 0.6) is 0 Å². The smallest absolute Gasteiger partial charge is 0.220 e. The van der Waals surface area contributed by atoms with Crippen LogP contribution in [-0.2, 0) is 4.79 Å². The Balaban J connectivity index is 1.72. The third kappa shape index (κ3) is 3.98. The lowest BCUT2D eigenvalue weighted by Gasteiger charge is -2.29. The number of hydrogen-bond acceptors (Lipinski definition) is 2. The Morgan fingerprint density at radius 3 is 2.35 bits per heavy atom. The summed E-state index contributed by atoms with van der Waals surface area (Å²) in [5.74, 6) is 0.659. The largest absolute Gasteiger partial charge is 0.353 e. The van der Waals surface area contributed by atoms with Crippen molar-refractivity contribution in [2.75, 3.05) is 0 Å². The van der Waals surface area contributed by atoms with E-state index >= 15 is 0 Å². The maximum atomic E-state index is 12.0. The lowest BCUT2D eigenvalue weighted by atomic mass is 9.82. The molecule has 2 rings (SSSR count). The van der Waals surface area contributed by atoms with Crippen molar-refractivity contribution < 1.29 is 4.79 Å². The second kappa shape index (κ2) is 6.39. The first-order chi connectivity index (χ1) is 8.25. The fraction of sp³-hybridized carbons (Fsp3) is 0.929. The van der Waals surface area contributed by atoms with Gasteiger partial charge in [-0.25, -0.2) is 0 Å². The summed E-state index contributed by atoms with van der Waals surface area (Å²) in [6.07, 6.45) is 11.6. The highest BCUT2D eigenvalue weighted by atomic mass is 16.1. The number of carbonyl (C=O) groups is 1. The van der Waals surface area contributed by atoms with Crippen LogP contribution in [0.25, 0.3) is 0 Å². The molecular weight excluding hydrogens is 212 g/mol. The Morgan fingerprint density at radius 2 is 1.65 bits per heavy atom. The van der Waals surface area contributed by atoms with Crippen molar-refractivity contribution in [3.05, 3.63) is 0 Å². The van der Waals surface area contributed by atoms with E-state index in [1.165, 1.54) is 44.9 Å². The summed E-state index contributed by atoms with van der Waals surface area (Å²) in [6.45, 7) is 0. The van der Waals surface area contributed by atoms with Crippen LogP contribution in [-0.4, -0.2) is 18.0 Å². The molecule has 2 atom stereocenters. The summed E-state index contributed by atoms with van der Waals surface area (Å²) in [5.41, 5.74) is 6.08. The highest BCUT2D eigenvalue weighted by molar-refractivity contribution is 5.76. The summed E-state index contributed by atoms with van der Waals surface area (Å²) in [5, 5.41) is 3.19. The molecule has 0 radical (unpaired) electrons. The Hall–Kier alpha value is -0.570. The van der Waals surface area contributed by atoms with Crippen molar-refractivity contribution in [2.24, 2.45) is 11.7 Å². The second-order valence-corrected chi connectivity index (χ2v) is 5.81. The fourth-order valence-corrected chi connectivity index (χ4v) is 3.26. The van der Waals surface area contributed by atoms with Crippen molar-refractivity contribution in [3.63, 3.8) is 0 Å². The van der Waals surface area contributed by atoms with Gasteiger partial charge in [0.25, 0.3) is 0 Å². The van der Waals surface area contributed by atoms with Crippen LogP contribution in [0.2, 0.25) is 0 Å². The molecule has 0 aliphatic heterocycles. The van der Waals surface area contributed by atoms with Gasteiger partial charge in [-0.2, -0.15) is 0 Å². The highest BCUT2D eigenvalue weighted by Gasteiger charge is 2.25. The minimum absolute atomic E-state index is 0.235. The fourth-order valence-electron chi connectivity index (χ4n) is 3.26. The summed E-state index contributed by atoms with van der Waals surface area (Å²) >= 11 is 0. The minimum atomic E-state index is 0.235. The van der Waals surface area contributed by atoms with Crippen LogP contribution >= 0.6 is 0 Å². The number of amides is 1. The lowest BCUT2D eigenvalue weighted by molar-refractivity contribution is -0.123. The Morgan fingerprint density at radius 1 is 1.00 bits per heavy atom. The van der Waals surface area contributed by atoms with Crippen LogP contribution in [0, 0.1) is 5.92 Å². The lowest BCUT2D eigenvalue weighted by Crippen LogP contribution is -2.40. The molecule has 0 bridgehead atoms. The summed E-state index contributed by atoms with van der Waals surface area (Å²) < 4.78 is 0. The van der Waals surface area contributed by atoms with Crippen molar-refractivity contribution >= 4 is 5.91 Å². The van der Waals surface area contributed by atoms with Gasteiger partial charge in [-0.05, 0) is 31.6 Å². The van der Waals surface area contributed by atoms with Crippen LogP contribution in [0.4, 0.5) is 0 Å². The monoisotopic (exact) mass is 238 g/mol. The maximum absolute atomic E-state index is 12.0. The third-order valence-electron chi connectivity index (χ3n) is 4.39. The normalized spacial score (nSPS) is 31.1. The van der Waals surface area contributed by atoms with E-state index in [0.29, 0.717) is 18.4 Å². The molecule has 3 nitrogen and oxygen atoms in total. The quantitative estimate of drug-likeness (QED) is 0.793. The number of nitrogens with two attached hydrogens (primary N) is 1. The SMILES string of the molecule is NC1CCCCC1CC(=O)NC1CCCCC1. The van der Waals surface area contributed by atoms with Crippen molar-refractivity contribution in [3.8, 4) is 0 Å². The topological polar surface area (TPSA) is 55.1 Å². The molecule has 2 unspecified atom stereocenters. The summed E-state index contributed by atoms with van der Waals surface area (Å²) in [6, 6.07) is 0.692. The van der Waals surface area contributed by atoms with E-state index in [-0.39, 0.29) is 11.9 Å². The van der Waals surface area contributed by atoms with Crippen molar-refractivity contribution in [1.29, 1.82) is 0 Å². The Bertz CT molecular complexity index is 249. The van der Waals surface area contributed by atoms with Crippen LogP contribution in [0.3, 0.4) is 0 Å².